The molecule has 0 aliphatic heterocycles. The number of aryl methyl sites for hydroxylation is 2. The molecular formula is C11H17N5O. The van der Waals surface area contributed by atoms with Gasteiger partial charge in [-0.25, -0.2) is 4.98 Å². The van der Waals surface area contributed by atoms with Crippen molar-refractivity contribution < 1.29 is 4.74 Å². The van der Waals surface area contributed by atoms with Gasteiger partial charge in [0.2, 0.25) is 5.95 Å². The van der Waals surface area contributed by atoms with Gasteiger partial charge in [0, 0.05) is 20.2 Å². The van der Waals surface area contributed by atoms with Crippen molar-refractivity contribution >= 4 is 17.1 Å². The fraction of sp³-hybridized carbons (Fsp3) is 0.636. The van der Waals surface area contributed by atoms with Gasteiger partial charge < -0.3 is 10.5 Å². The van der Waals surface area contributed by atoms with Crippen LogP contribution in [0.4, 0.5) is 5.95 Å². The van der Waals surface area contributed by atoms with Crippen LogP contribution in [0.5, 0.6) is 0 Å². The van der Waals surface area contributed by atoms with Crippen LogP contribution in [0.1, 0.15) is 24.6 Å². The summed E-state index contributed by atoms with van der Waals surface area (Å²) in [5.41, 5.74) is 8.85. The van der Waals surface area contributed by atoms with Gasteiger partial charge in [-0.15, -0.1) is 0 Å². The van der Waals surface area contributed by atoms with Crippen molar-refractivity contribution in [3.8, 4) is 0 Å². The van der Waals surface area contributed by atoms with Crippen LogP contribution in [-0.2, 0) is 11.8 Å². The Kier molecular flexibility index (Phi) is 2.16. The second-order valence-electron chi connectivity index (χ2n) is 4.70. The zero-order chi connectivity index (χ0) is 12.2. The Labute approximate surface area is 99.4 Å². The minimum Gasteiger partial charge on any atom is -0.381 e. The highest BCUT2D eigenvalue weighted by Gasteiger charge is 2.33. The number of anilines is 1. The van der Waals surface area contributed by atoms with E-state index in [9.17, 15) is 0 Å². The lowest BCUT2D eigenvalue weighted by atomic mass is 9.89. The van der Waals surface area contributed by atoms with Crippen LogP contribution in [0.25, 0.3) is 11.2 Å². The average molecular weight is 235 g/mol. The number of methoxy groups -OCH3 is 1. The van der Waals surface area contributed by atoms with E-state index >= 15 is 0 Å². The molecule has 2 heterocycles. The van der Waals surface area contributed by atoms with Crippen molar-refractivity contribution in [3.63, 3.8) is 0 Å². The summed E-state index contributed by atoms with van der Waals surface area (Å²) in [6.45, 7) is 1.96. The van der Waals surface area contributed by atoms with Gasteiger partial charge in [0.25, 0.3) is 0 Å². The van der Waals surface area contributed by atoms with Crippen LogP contribution in [0.2, 0.25) is 0 Å². The summed E-state index contributed by atoms with van der Waals surface area (Å²) in [7, 11) is 3.68. The third-order valence-electron chi connectivity index (χ3n) is 3.63. The second kappa shape index (κ2) is 3.46. The highest BCUT2D eigenvalue weighted by molar-refractivity contribution is 5.77. The van der Waals surface area contributed by atoms with Gasteiger partial charge in [-0.1, -0.05) is 0 Å². The molecule has 0 bridgehead atoms. The van der Waals surface area contributed by atoms with Crippen LogP contribution >= 0.6 is 0 Å². The van der Waals surface area contributed by atoms with Crippen LogP contribution in [0.3, 0.4) is 0 Å². The Morgan fingerprint density at radius 1 is 1.41 bits per heavy atom. The highest BCUT2D eigenvalue weighted by atomic mass is 16.5. The molecule has 0 radical (unpaired) electrons. The number of fused-ring (bicyclic) bond motifs is 1. The van der Waals surface area contributed by atoms with Gasteiger partial charge >= 0.3 is 0 Å². The Hall–Kier alpha value is -1.56. The number of nitrogens with zero attached hydrogens (tertiary/aromatic N) is 4. The van der Waals surface area contributed by atoms with Gasteiger partial charge in [0.05, 0.1) is 11.8 Å². The van der Waals surface area contributed by atoms with Crippen LogP contribution in [0.15, 0.2) is 0 Å². The number of hydrogen-bond donors (Lipinski definition) is 1. The van der Waals surface area contributed by atoms with Crippen molar-refractivity contribution in [1.82, 2.24) is 19.3 Å². The smallest absolute Gasteiger partial charge is 0.202 e. The lowest BCUT2D eigenvalue weighted by Crippen LogP contribution is -2.33. The second-order valence-corrected chi connectivity index (χ2v) is 4.70. The van der Waals surface area contributed by atoms with E-state index in [4.69, 9.17) is 10.5 Å². The number of nitrogen functional groups attached to an aromatic ring is 1. The molecule has 0 saturated heterocycles. The fourth-order valence-electron chi connectivity index (χ4n) is 2.61. The lowest BCUT2D eigenvalue weighted by Gasteiger charge is -2.35. The Morgan fingerprint density at radius 3 is 2.76 bits per heavy atom. The molecule has 6 heteroatoms. The van der Waals surface area contributed by atoms with Gasteiger partial charge in [-0.3, -0.25) is 9.25 Å². The normalized spacial score (nSPS) is 24.2. The first-order valence-electron chi connectivity index (χ1n) is 5.81. The number of imidazole rings is 1. The average Bonchev–Trinajstić information content (AvgIpc) is 2.67. The fourth-order valence-corrected chi connectivity index (χ4v) is 2.61. The maximum atomic E-state index is 6.00. The zero-order valence-corrected chi connectivity index (χ0v) is 10.3. The SMILES string of the molecule is COC1CC(n2c(N)nc3c(C)nn(C)c32)C1. The topological polar surface area (TPSA) is 70.9 Å². The first-order chi connectivity index (χ1) is 8.11. The number of ether oxygens (including phenoxy) is 1. The van der Waals surface area contributed by atoms with Crippen molar-refractivity contribution in [3.05, 3.63) is 5.69 Å². The van der Waals surface area contributed by atoms with Crippen LogP contribution in [0, 0.1) is 6.92 Å². The molecule has 3 rings (SSSR count). The molecular weight excluding hydrogens is 218 g/mol. The zero-order valence-electron chi connectivity index (χ0n) is 10.3. The van der Waals surface area contributed by atoms with Gasteiger partial charge in [-0.2, -0.15) is 5.10 Å². The van der Waals surface area contributed by atoms with Crippen molar-refractivity contribution in [2.45, 2.75) is 31.9 Å². The van der Waals surface area contributed by atoms with Gasteiger partial charge in [0.1, 0.15) is 5.52 Å². The van der Waals surface area contributed by atoms with Crippen molar-refractivity contribution in [1.29, 1.82) is 0 Å². The first-order valence-corrected chi connectivity index (χ1v) is 5.81. The molecule has 0 unspecified atom stereocenters. The predicted octanol–water partition coefficient (Wildman–Crippen LogP) is 1.01. The highest BCUT2D eigenvalue weighted by Crippen LogP contribution is 2.38. The molecule has 1 aliphatic carbocycles. The van der Waals surface area contributed by atoms with E-state index in [1.807, 2.05) is 18.7 Å². The molecule has 0 aromatic carbocycles. The van der Waals surface area contributed by atoms with E-state index < -0.39 is 0 Å². The summed E-state index contributed by atoms with van der Waals surface area (Å²) < 4.78 is 9.25. The van der Waals surface area contributed by atoms with Crippen molar-refractivity contribution in [2.24, 2.45) is 7.05 Å². The molecule has 0 atom stereocenters. The summed E-state index contributed by atoms with van der Waals surface area (Å²) >= 11 is 0. The standard InChI is InChI=1S/C11H17N5O/c1-6-9-10(15(2)14-6)16(11(12)13-9)7-4-8(5-7)17-3/h7-8H,4-5H2,1-3H3,(H2,12,13). The Morgan fingerprint density at radius 2 is 2.12 bits per heavy atom. The third-order valence-corrected chi connectivity index (χ3v) is 3.63. The van der Waals surface area contributed by atoms with E-state index in [0.29, 0.717) is 18.1 Å². The monoisotopic (exact) mass is 235 g/mol. The lowest BCUT2D eigenvalue weighted by molar-refractivity contribution is 0.00770. The van der Waals surface area contributed by atoms with Crippen molar-refractivity contribution in [2.75, 3.05) is 12.8 Å². The quantitative estimate of drug-likeness (QED) is 0.843. The number of aromatic nitrogens is 4. The molecule has 1 fully saturated rings. The van der Waals surface area contributed by atoms with E-state index in [2.05, 4.69) is 14.6 Å². The van der Waals surface area contributed by atoms with Crippen LogP contribution in [-0.4, -0.2) is 32.5 Å². The number of nitrogens with two attached hydrogens (primary N) is 1. The predicted molar refractivity (Wildman–Crippen MR) is 64.7 cm³/mol. The maximum Gasteiger partial charge on any atom is 0.202 e. The summed E-state index contributed by atoms with van der Waals surface area (Å²) in [6, 6.07) is 0.389. The first kappa shape index (κ1) is 10.6. The van der Waals surface area contributed by atoms with Crippen LogP contribution < -0.4 is 5.73 Å². The molecule has 2 N–H and O–H groups in total. The molecule has 6 nitrogen and oxygen atoms in total. The number of hydrogen-bond acceptors (Lipinski definition) is 4. The largest absolute Gasteiger partial charge is 0.381 e. The van der Waals surface area contributed by atoms with E-state index in [1.165, 1.54) is 0 Å². The summed E-state index contributed by atoms with van der Waals surface area (Å²) in [5.74, 6) is 0.579. The molecule has 17 heavy (non-hydrogen) atoms. The molecule has 0 spiro atoms. The third kappa shape index (κ3) is 1.37. The van der Waals surface area contributed by atoms with E-state index in [1.54, 1.807) is 7.11 Å². The molecule has 2 aromatic heterocycles. The molecule has 1 saturated carbocycles. The van der Waals surface area contributed by atoms with E-state index in [0.717, 1.165) is 29.7 Å². The number of rotatable bonds is 2. The summed E-state index contributed by atoms with van der Waals surface area (Å²) in [5, 5.41) is 4.38. The summed E-state index contributed by atoms with van der Waals surface area (Å²) in [6.07, 6.45) is 2.35. The molecule has 0 amide bonds. The van der Waals surface area contributed by atoms with Gasteiger partial charge in [0.15, 0.2) is 5.65 Å². The molecule has 92 valence electrons. The Bertz CT molecular complexity index is 564. The molecule has 1 aliphatic rings. The minimum atomic E-state index is 0.353. The molecule has 2 aromatic rings. The Balaban J connectivity index is 2.07. The van der Waals surface area contributed by atoms with E-state index in [-0.39, 0.29) is 0 Å². The summed E-state index contributed by atoms with van der Waals surface area (Å²) in [4.78, 5) is 4.40. The van der Waals surface area contributed by atoms with Gasteiger partial charge in [-0.05, 0) is 19.8 Å². The maximum absolute atomic E-state index is 6.00. The minimum absolute atomic E-state index is 0.353.